The van der Waals surface area contributed by atoms with Gasteiger partial charge in [-0.1, -0.05) is 48.5 Å². The van der Waals surface area contributed by atoms with Gasteiger partial charge in [0.1, 0.15) is 5.82 Å². The third kappa shape index (κ3) is 3.18. The zero-order chi connectivity index (χ0) is 17.9. The Labute approximate surface area is 153 Å². The van der Waals surface area contributed by atoms with Crippen LogP contribution in [0.2, 0.25) is 0 Å². The van der Waals surface area contributed by atoms with Crippen molar-refractivity contribution in [3.63, 3.8) is 0 Å². The van der Waals surface area contributed by atoms with E-state index >= 15 is 0 Å². The maximum Gasteiger partial charge on any atom is 0.259 e. The van der Waals surface area contributed by atoms with Crippen LogP contribution in [0.4, 0.5) is 11.5 Å². The second-order valence-electron chi connectivity index (χ2n) is 6.54. The van der Waals surface area contributed by atoms with Crippen LogP contribution in [0.25, 0.3) is 0 Å². The van der Waals surface area contributed by atoms with Gasteiger partial charge < -0.3 is 10.2 Å². The van der Waals surface area contributed by atoms with E-state index in [2.05, 4.69) is 35.4 Å². The number of fused-ring (bicyclic) bond motifs is 1. The van der Waals surface area contributed by atoms with E-state index in [9.17, 15) is 4.79 Å². The van der Waals surface area contributed by atoms with E-state index in [4.69, 9.17) is 0 Å². The number of aromatic nitrogens is 1. The van der Waals surface area contributed by atoms with Crippen molar-refractivity contribution in [2.45, 2.75) is 19.4 Å². The Hall–Kier alpha value is -3.14. The third-order valence-electron chi connectivity index (χ3n) is 4.81. The van der Waals surface area contributed by atoms with E-state index < -0.39 is 0 Å². The molecule has 0 bridgehead atoms. The number of hydrogen-bond acceptors (Lipinski definition) is 3. The molecule has 4 rings (SSSR count). The summed E-state index contributed by atoms with van der Waals surface area (Å²) in [5.41, 5.74) is 4.05. The summed E-state index contributed by atoms with van der Waals surface area (Å²) in [6.07, 6.45) is 2.56. The number of carbonyl (C=O) groups excluding carboxylic acids is 1. The summed E-state index contributed by atoms with van der Waals surface area (Å²) < 4.78 is 0. The Morgan fingerprint density at radius 3 is 2.58 bits per heavy atom. The van der Waals surface area contributed by atoms with E-state index in [0.717, 1.165) is 24.5 Å². The van der Waals surface area contributed by atoms with Crippen LogP contribution in [-0.4, -0.2) is 17.4 Å². The Morgan fingerprint density at radius 2 is 1.81 bits per heavy atom. The molecule has 2 aromatic carbocycles. The van der Waals surface area contributed by atoms with Gasteiger partial charge in [0.15, 0.2) is 0 Å². The maximum absolute atomic E-state index is 12.8. The molecule has 0 radical (unpaired) electrons. The van der Waals surface area contributed by atoms with E-state index in [1.165, 1.54) is 11.1 Å². The highest BCUT2D eigenvalue weighted by molar-refractivity contribution is 6.07. The minimum atomic E-state index is 0.00473. The molecule has 0 aliphatic carbocycles. The zero-order valence-electron chi connectivity index (χ0n) is 14.7. The van der Waals surface area contributed by atoms with Crippen molar-refractivity contribution in [2.75, 3.05) is 16.8 Å². The van der Waals surface area contributed by atoms with Gasteiger partial charge in [-0.05, 0) is 42.7 Å². The number of nitrogens with zero attached hydrogens (tertiary/aromatic N) is 2. The number of nitrogens with one attached hydrogen (secondary N) is 1. The van der Waals surface area contributed by atoms with Gasteiger partial charge in [-0.2, -0.15) is 0 Å². The van der Waals surface area contributed by atoms with E-state index in [1.54, 1.807) is 6.20 Å². The monoisotopic (exact) mass is 343 g/mol. The topological polar surface area (TPSA) is 45.2 Å². The van der Waals surface area contributed by atoms with Crippen LogP contribution in [0.15, 0.2) is 72.9 Å². The van der Waals surface area contributed by atoms with E-state index in [-0.39, 0.29) is 11.9 Å². The second-order valence-corrected chi connectivity index (χ2v) is 6.54. The summed E-state index contributed by atoms with van der Waals surface area (Å²) in [5.74, 6) is 0.768. The summed E-state index contributed by atoms with van der Waals surface area (Å²) in [5, 5.41) is 3.37. The molecular weight excluding hydrogens is 322 g/mol. The summed E-state index contributed by atoms with van der Waals surface area (Å²) in [7, 11) is 0. The number of pyridine rings is 1. The van der Waals surface area contributed by atoms with Gasteiger partial charge in [-0.3, -0.25) is 4.79 Å². The summed E-state index contributed by atoms with van der Waals surface area (Å²) in [6, 6.07) is 22.2. The highest BCUT2D eigenvalue weighted by atomic mass is 16.2. The van der Waals surface area contributed by atoms with Crippen LogP contribution < -0.4 is 10.2 Å². The molecule has 1 unspecified atom stereocenters. The van der Waals surface area contributed by atoms with Gasteiger partial charge in [-0.25, -0.2) is 4.98 Å². The molecule has 0 fully saturated rings. The number of rotatable bonds is 4. The average Bonchev–Trinajstić information content (AvgIpc) is 3.13. The highest BCUT2D eigenvalue weighted by Gasteiger charge is 2.25. The first-order valence-electron chi connectivity index (χ1n) is 8.90. The molecular formula is C22H21N3O. The van der Waals surface area contributed by atoms with Gasteiger partial charge in [0, 0.05) is 24.5 Å². The standard InChI is InChI=1S/C22H21N3O/c1-16(17-7-3-2-4-8-17)24-21-12-11-19(15-23-21)22(26)25-14-13-18-9-5-6-10-20(18)25/h2-12,15-16H,13-14H2,1H3,(H,23,24). The fourth-order valence-electron chi connectivity index (χ4n) is 3.36. The molecule has 1 N–H and O–H groups in total. The van der Waals surface area contributed by atoms with Crippen molar-refractivity contribution in [3.8, 4) is 0 Å². The molecule has 0 saturated carbocycles. The van der Waals surface area contributed by atoms with Crippen molar-refractivity contribution in [3.05, 3.63) is 89.6 Å². The van der Waals surface area contributed by atoms with Crippen molar-refractivity contribution >= 4 is 17.4 Å². The molecule has 1 aliphatic heterocycles. The lowest BCUT2D eigenvalue weighted by Crippen LogP contribution is -2.28. The number of benzene rings is 2. The second kappa shape index (κ2) is 7.00. The number of para-hydroxylation sites is 1. The van der Waals surface area contributed by atoms with Crippen LogP contribution in [0, 0.1) is 0 Å². The fourth-order valence-corrected chi connectivity index (χ4v) is 3.36. The molecule has 2 heterocycles. The molecule has 1 atom stereocenters. The lowest BCUT2D eigenvalue weighted by molar-refractivity contribution is 0.0989. The molecule has 0 saturated heterocycles. The predicted molar refractivity (Wildman–Crippen MR) is 105 cm³/mol. The summed E-state index contributed by atoms with van der Waals surface area (Å²) in [6.45, 7) is 2.82. The largest absolute Gasteiger partial charge is 0.364 e. The third-order valence-corrected chi connectivity index (χ3v) is 4.81. The normalized spacial score (nSPS) is 14.0. The first-order valence-corrected chi connectivity index (χ1v) is 8.90. The molecule has 1 aromatic heterocycles. The minimum Gasteiger partial charge on any atom is -0.364 e. The Morgan fingerprint density at radius 1 is 1.04 bits per heavy atom. The van der Waals surface area contributed by atoms with Gasteiger partial charge in [0.2, 0.25) is 0 Å². The van der Waals surface area contributed by atoms with Gasteiger partial charge in [0.25, 0.3) is 5.91 Å². The van der Waals surface area contributed by atoms with Crippen molar-refractivity contribution < 1.29 is 4.79 Å². The molecule has 130 valence electrons. The van der Waals surface area contributed by atoms with Gasteiger partial charge in [0.05, 0.1) is 5.56 Å². The molecule has 1 amide bonds. The smallest absolute Gasteiger partial charge is 0.259 e. The quantitative estimate of drug-likeness (QED) is 0.761. The van der Waals surface area contributed by atoms with Crippen molar-refractivity contribution in [2.24, 2.45) is 0 Å². The molecule has 3 aromatic rings. The van der Waals surface area contributed by atoms with Crippen LogP contribution in [0.1, 0.15) is 34.5 Å². The lowest BCUT2D eigenvalue weighted by Gasteiger charge is -2.18. The van der Waals surface area contributed by atoms with E-state index in [0.29, 0.717) is 5.56 Å². The lowest BCUT2D eigenvalue weighted by atomic mass is 10.1. The van der Waals surface area contributed by atoms with Gasteiger partial charge >= 0.3 is 0 Å². The summed E-state index contributed by atoms with van der Waals surface area (Å²) >= 11 is 0. The Balaban J connectivity index is 1.47. The molecule has 26 heavy (non-hydrogen) atoms. The maximum atomic E-state index is 12.8. The van der Waals surface area contributed by atoms with Crippen molar-refractivity contribution in [1.82, 2.24) is 4.98 Å². The first kappa shape index (κ1) is 16.3. The van der Waals surface area contributed by atoms with Gasteiger partial charge in [-0.15, -0.1) is 0 Å². The summed E-state index contributed by atoms with van der Waals surface area (Å²) in [4.78, 5) is 19.1. The number of hydrogen-bond donors (Lipinski definition) is 1. The molecule has 4 heteroatoms. The minimum absolute atomic E-state index is 0.00473. The van der Waals surface area contributed by atoms with Crippen LogP contribution in [0.5, 0.6) is 0 Å². The molecule has 0 spiro atoms. The highest BCUT2D eigenvalue weighted by Crippen LogP contribution is 2.29. The first-order chi connectivity index (χ1) is 12.7. The number of carbonyl (C=O) groups is 1. The average molecular weight is 343 g/mol. The number of anilines is 2. The Kier molecular flexibility index (Phi) is 4.40. The predicted octanol–water partition coefficient (Wildman–Crippen LogP) is 4.46. The Bertz CT molecular complexity index is 906. The SMILES string of the molecule is CC(Nc1ccc(C(=O)N2CCc3ccccc32)cn1)c1ccccc1. The van der Waals surface area contributed by atoms with Crippen LogP contribution in [-0.2, 0) is 6.42 Å². The number of amides is 1. The fraction of sp³-hybridized carbons (Fsp3) is 0.182. The van der Waals surface area contributed by atoms with Crippen molar-refractivity contribution in [1.29, 1.82) is 0 Å². The zero-order valence-corrected chi connectivity index (χ0v) is 14.7. The van der Waals surface area contributed by atoms with Crippen LogP contribution >= 0.6 is 0 Å². The molecule has 1 aliphatic rings. The van der Waals surface area contributed by atoms with E-state index in [1.807, 2.05) is 53.4 Å². The van der Waals surface area contributed by atoms with Crippen LogP contribution in [0.3, 0.4) is 0 Å². The molecule has 4 nitrogen and oxygen atoms in total.